The summed E-state index contributed by atoms with van der Waals surface area (Å²) in [5, 5.41) is 0.935. The highest BCUT2D eigenvalue weighted by Crippen LogP contribution is 2.34. The van der Waals surface area contributed by atoms with Gasteiger partial charge in [-0.15, -0.1) is 0 Å². The number of nitrogens with one attached hydrogen (secondary N) is 2. The number of carbonyl (C=O) groups is 1. The average Bonchev–Trinajstić information content (AvgIpc) is 3.20. The molecule has 0 fully saturated rings. The minimum absolute atomic E-state index is 0.0743. The summed E-state index contributed by atoms with van der Waals surface area (Å²) in [4.78, 5) is 32.5. The number of alkyl halides is 2. The maximum absolute atomic E-state index is 13.9. The Kier molecular flexibility index (Phi) is 4.97. The maximum atomic E-state index is 13.9. The fourth-order valence-electron chi connectivity index (χ4n) is 4.31. The van der Waals surface area contributed by atoms with Crippen LogP contribution in [0.2, 0.25) is 0 Å². The molecule has 33 heavy (non-hydrogen) atoms. The molecule has 3 heterocycles. The third-order valence-electron chi connectivity index (χ3n) is 5.95. The van der Waals surface area contributed by atoms with E-state index in [9.17, 15) is 27.2 Å². The maximum Gasteiger partial charge on any atom is 0.270 e. The second-order valence-corrected chi connectivity index (χ2v) is 7.93. The highest BCUT2D eigenvalue weighted by Gasteiger charge is 2.31. The van der Waals surface area contributed by atoms with Gasteiger partial charge in [-0.3, -0.25) is 9.59 Å². The fourth-order valence-corrected chi connectivity index (χ4v) is 4.31. The van der Waals surface area contributed by atoms with E-state index in [0.29, 0.717) is 16.6 Å². The van der Waals surface area contributed by atoms with Crippen molar-refractivity contribution in [1.29, 1.82) is 0 Å². The van der Waals surface area contributed by atoms with Crippen molar-refractivity contribution in [2.45, 2.75) is 19.1 Å². The predicted octanol–water partition coefficient (Wildman–Crippen LogP) is 4.57. The van der Waals surface area contributed by atoms with Gasteiger partial charge in [0.1, 0.15) is 17.3 Å². The van der Waals surface area contributed by atoms with Crippen molar-refractivity contribution >= 4 is 27.6 Å². The average molecular weight is 459 g/mol. The fraction of sp³-hybridized carbons (Fsp3) is 0.217. The molecule has 0 radical (unpaired) electrons. The van der Waals surface area contributed by atoms with Crippen LogP contribution in [0.25, 0.3) is 21.7 Å². The number of ether oxygens (including phenoxy) is 1. The normalized spacial score (nSPS) is 15.9. The van der Waals surface area contributed by atoms with Gasteiger partial charge in [-0.2, -0.15) is 0 Å². The van der Waals surface area contributed by atoms with Crippen LogP contribution in [0.4, 0.5) is 17.6 Å². The number of amides is 1. The molecule has 2 N–H and O–H groups in total. The molecule has 0 saturated heterocycles. The highest BCUT2D eigenvalue weighted by molar-refractivity contribution is 5.98. The molecule has 170 valence electrons. The Balaban J connectivity index is 1.57. The summed E-state index contributed by atoms with van der Waals surface area (Å²) in [5.41, 5.74) is 0.172. The van der Waals surface area contributed by atoms with Crippen molar-refractivity contribution in [3.05, 3.63) is 80.9 Å². The molecule has 1 atom stereocenters. The number of rotatable bonds is 3. The molecular weight excluding hydrogens is 442 g/mol. The molecule has 4 aromatic rings. The molecule has 0 saturated carbocycles. The third kappa shape index (κ3) is 3.46. The molecular formula is C23H17F4N3O3. The molecule has 10 heteroatoms. The first-order chi connectivity index (χ1) is 15.7. The molecule has 0 aliphatic carbocycles. The van der Waals surface area contributed by atoms with Gasteiger partial charge in [0.05, 0.1) is 30.2 Å². The van der Waals surface area contributed by atoms with Gasteiger partial charge < -0.3 is 19.6 Å². The van der Waals surface area contributed by atoms with Crippen LogP contribution < -0.4 is 5.56 Å². The number of hydrogen-bond donors (Lipinski definition) is 2. The van der Waals surface area contributed by atoms with Crippen molar-refractivity contribution < 1.29 is 27.1 Å². The molecule has 6 nitrogen and oxygen atoms in total. The van der Waals surface area contributed by atoms with Crippen molar-refractivity contribution in [1.82, 2.24) is 14.9 Å². The van der Waals surface area contributed by atoms with Gasteiger partial charge in [0.25, 0.3) is 17.9 Å². The molecule has 0 bridgehead atoms. The largest absolute Gasteiger partial charge is 0.373 e. The number of halogens is 4. The molecule has 1 amide bonds. The van der Waals surface area contributed by atoms with Crippen LogP contribution in [0.3, 0.4) is 0 Å². The first-order valence-electron chi connectivity index (χ1n) is 10.0. The van der Waals surface area contributed by atoms with Crippen LogP contribution in [0, 0.1) is 11.6 Å². The summed E-state index contributed by atoms with van der Waals surface area (Å²) in [6.07, 6.45) is -2.99. The Morgan fingerprint density at radius 2 is 1.91 bits per heavy atom. The molecule has 0 spiro atoms. The highest BCUT2D eigenvalue weighted by atomic mass is 19.3. The lowest BCUT2D eigenvalue weighted by Gasteiger charge is -2.33. The Labute approximate surface area is 183 Å². The van der Waals surface area contributed by atoms with E-state index in [1.807, 2.05) is 0 Å². The zero-order valence-corrected chi connectivity index (χ0v) is 17.2. The third-order valence-corrected chi connectivity index (χ3v) is 5.95. The minimum atomic E-state index is -2.99. The van der Waals surface area contributed by atoms with E-state index in [1.54, 1.807) is 0 Å². The van der Waals surface area contributed by atoms with Crippen LogP contribution in [-0.2, 0) is 11.3 Å². The zero-order valence-electron chi connectivity index (χ0n) is 17.2. The number of carbonyl (C=O) groups excluding carboxylic acids is 1. The van der Waals surface area contributed by atoms with Gasteiger partial charge in [-0.1, -0.05) is 6.07 Å². The number of aromatic amines is 2. The van der Waals surface area contributed by atoms with Gasteiger partial charge >= 0.3 is 0 Å². The summed E-state index contributed by atoms with van der Waals surface area (Å²) < 4.78 is 59.3. The molecule has 1 aliphatic rings. The van der Waals surface area contributed by atoms with Crippen LogP contribution in [-0.4, -0.2) is 34.4 Å². The molecule has 1 aliphatic heterocycles. The number of pyridine rings is 1. The van der Waals surface area contributed by atoms with E-state index < -0.39 is 41.1 Å². The van der Waals surface area contributed by atoms with Crippen molar-refractivity contribution in [2.24, 2.45) is 0 Å². The van der Waals surface area contributed by atoms with E-state index in [0.717, 1.165) is 18.2 Å². The van der Waals surface area contributed by atoms with Gasteiger partial charge in [0.2, 0.25) is 0 Å². The van der Waals surface area contributed by atoms with Crippen molar-refractivity contribution in [2.75, 3.05) is 13.7 Å². The molecule has 2 aromatic heterocycles. The number of hydrogen-bond acceptors (Lipinski definition) is 3. The minimum Gasteiger partial charge on any atom is -0.373 e. The Morgan fingerprint density at radius 1 is 1.12 bits per heavy atom. The molecule has 2 aromatic carbocycles. The van der Waals surface area contributed by atoms with E-state index in [4.69, 9.17) is 4.74 Å². The SMILES string of the molecule is CN(C(=O)c1cc2cc(F)c(C(F)F)cc2[nH]1)[C@@H]1COCc2[nH]c(=O)c3cc(F)ccc3c21. The van der Waals surface area contributed by atoms with Gasteiger partial charge in [0.15, 0.2) is 0 Å². The van der Waals surface area contributed by atoms with Crippen molar-refractivity contribution in [3.63, 3.8) is 0 Å². The first-order valence-corrected chi connectivity index (χ1v) is 10.0. The number of nitrogens with zero attached hydrogens (tertiary/aromatic N) is 1. The Morgan fingerprint density at radius 3 is 2.67 bits per heavy atom. The van der Waals surface area contributed by atoms with Gasteiger partial charge in [-0.05, 0) is 35.7 Å². The second kappa shape index (κ2) is 7.73. The van der Waals surface area contributed by atoms with E-state index >= 15 is 0 Å². The van der Waals surface area contributed by atoms with E-state index in [2.05, 4.69) is 9.97 Å². The predicted molar refractivity (Wildman–Crippen MR) is 112 cm³/mol. The van der Waals surface area contributed by atoms with Crippen LogP contribution >= 0.6 is 0 Å². The standard InChI is InChI=1S/C23H17F4N3O3/c1-30(23(32)17-5-10-4-15(25)14(21(26)27)7-16(10)28-17)19-9-33-8-18-20(19)12-3-2-11(24)6-13(12)22(31)29-18/h2-7,19,21,28H,8-9H2,1H3,(H,29,31)/t19-/m1/s1. The Hall–Kier alpha value is -3.66. The van der Waals surface area contributed by atoms with E-state index in [-0.39, 0.29) is 35.2 Å². The summed E-state index contributed by atoms with van der Waals surface area (Å²) >= 11 is 0. The van der Waals surface area contributed by atoms with Gasteiger partial charge in [-0.25, -0.2) is 17.6 Å². The van der Waals surface area contributed by atoms with E-state index in [1.165, 1.54) is 30.1 Å². The van der Waals surface area contributed by atoms with Crippen LogP contribution in [0.5, 0.6) is 0 Å². The summed E-state index contributed by atoms with van der Waals surface area (Å²) in [5.74, 6) is -2.11. The molecule has 0 unspecified atom stereocenters. The lowest BCUT2D eigenvalue weighted by molar-refractivity contribution is 0.0333. The first kappa shape index (κ1) is 21.2. The smallest absolute Gasteiger partial charge is 0.270 e. The summed E-state index contributed by atoms with van der Waals surface area (Å²) in [6, 6.07) is 6.57. The number of fused-ring (bicyclic) bond motifs is 4. The number of aromatic nitrogens is 2. The summed E-state index contributed by atoms with van der Waals surface area (Å²) in [7, 11) is 1.53. The lowest BCUT2D eigenvalue weighted by atomic mass is 9.95. The Bertz CT molecular complexity index is 1480. The summed E-state index contributed by atoms with van der Waals surface area (Å²) in [6.45, 7) is 0.247. The second-order valence-electron chi connectivity index (χ2n) is 7.93. The number of benzene rings is 2. The lowest BCUT2D eigenvalue weighted by Crippen LogP contribution is -2.37. The zero-order chi connectivity index (χ0) is 23.4. The topological polar surface area (TPSA) is 78.2 Å². The van der Waals surface area contributed by atoms with Crippen molar-refractivity contribution in [3.8, 4) is 0 Å². The number of H-pyrrole nitrogens is 2. The monoisotopic (exact) mass is 459 g/mol. The van der Waals surface area contributed by atoms with Crippen LogP contribution in [0.15, 0.2) is 41.2 Å². The van der Waals surface area contributed by atoms with Gasteiger partial charge in [0, 0.05) is 29.2 Å². The quantitative estimate of drug-likeness (QED) is 0.441. The molecule has 5 rings (SSSR count). The van der Waals surface area contributed by atoms with Crippen LogP contribution in [0.1, 0.15) is 39.8 Å². The number of likely N-dealkylation sites (N-methyl/N-ethyl adjacent to an activating group) is 1.